The molecule has 1 rings (SSSR count). The van der Waals surface area contributed by atoms with Crippen LogP contribution in [-0.4, -0.2) is 24.3 Å². The van der Waals surface area contributed by atoms with Crippen molar-refractivity contribution >= 4 is 21.6 Å². The molecule has 1 aromatic rings. The zero-order valence-corrected chi connectivity index (χ0v) is 9.71. The van der Waals surface area contributed by atoms with Gasteiger partial charge < -0.3 is 16.2 Å². The van der Waals surface area contributed by atoms with Crippen LogP contribution in [-0.2, 0) is 0 Å². The third-order valence-electron chi connectivity index (χ3n) is 1.99. The van der Waals surface area contributed by atoms with Gasteiger partial charge in [0.25, 0.3) is 0 Å². The third kappa shape index (κ3) is 2.97. The van der Waals surface area contributed by atoms with Gasteiger partial charge in [0.05, 0.1) is 12.6 Å². The summed E-state index contributed by atoms with van der Waals surface area (Å²) < 4.78 is 0.981. The van der Waals surface area contributed by atoms with Gasteiger partial charge in [-0.05, 0) is 40.5 Å². The number of anilines is 1. The van der Waals surface area contributed by atoms with Crippen LogP contribution in [0.1, 0.15) is 5.56 Å². The Balaban J connectivity index is 2.79. The summed E-state index contributed by atoms with van der Waals surface area (Å²) in [4.78, 5) is 0. The summed E-state index contributed by atoms with van der Waals surface area (Å²) in [6, 6.07) is 5.92. The summed E-state index contributed by atoms with van der Waals surface area (Å²) >= 11 is 3.43. The lowest BCUT2D eigenvalue weighted by atomic mass is 10.2. The van der Waals surface area contributed by atoms with Crippen LogP contribution < -0.4 is 11.1 Å². The first kappa shape index (κ1) is 11.5. The first-order valence-corrected chi connectivity index (χ1v) is 5.30. The summed E-state index contributed by atoms with van der Waals surface area (Å²) in [6.45, 7) is 2.47. The molecule has 0 aliphatic carbocycles. The molecule has 0 aliphatic heterocycles. The number of halogens is 1. The Kier molecular flexibility index (Phi) is 4.38. The number of rotatable bonds is 4. The van der Waals surface area contributed by atoms with Crippen molar-refractivity contribution in [3.63, 3.8) is 0 Å². The second-order valence-corrected chi connectivity index (χ2v) is 4.10. The van der Waals surface area contributed by atoms with Gasteiger partial charge in [0, 0.05) is 16.7 Å². The van der Waals surface area contributed by atoms with E-state index in [2.05, 4.69) is 21.2 Å². The molecular formula is C10H15BrN2O. The van der Waals surface area contributed by atoms with E-state index in [9.17, 15) is 0 Å². The van der Waals surface area contributed by atoms with Crippen molar-refractivity contribution in [2.24, 2.45) is 5.73 Å². The number of aryl methyl sites for hydroxylation is 1. The van der Waals surface area contributed by atoms with Crippen LogP contribution in [0, 0.1) is 6.92 Å². The molecule has 3 nitrogen and oxygen atoms in total. The third-order valence-corrected chi connectivity index (χ3v) is 2.68. The zero-order valence-electron chi connectivity index (χ0n) is 8.13. The van der Waals surface area contributed by atoms with E-state index in [0.717, 1.165) is 10.2 Å². The second kappa shape index (κ2) is 5.34. The van der Waals surface area contributed by atoms with Crippen molar-refractivity contribution in [3.8, 4) is 0 Å². The molecule has 0 heterocycles. The highest BCUT2D eigenvalue weighted by molar-refractivity contribution is 9.10. The molecule has 0 fully saturated rings. The molecule has 0 bridgehead atoms. The minimum Gasteiger partial charge on any atom is -0.394 e. The Hall–Kier alpha value is -0.580. The summed E-state index contributed by atoms with van der Waals surface area (Å²) in [6.07, 6.45) is 0. The van der Waals surface area contributed by atoms with Gasteiger partial charge in [0.15, 0.2) is 0 Å². The quantitative estimate of drug-likeness (QED) is 0.767. The highest BCUT2D eigenvalue weighted by Gasteiger charge is 2.06. The van der Waals surface area contributed by atoms with Gasteiger partial charge in [-0.3, -0.25) is 0 Å². The van der Waals surface area contributed by atoms with Crippen LogP contribution >= 0.6 is 15.9 Å². The predicted molar refractivity (Wildman–Crippen MR) is 62.4 cm³/mol. The monoisotopic (exact) mass is 258 g/mol. The van der Waals surface area contributed by atoms with E-state index < -0.39 is 0 Å². The van der Waals surface area contributed by atoms with E-state index in [1.54, 1.807) is 0 Å². The van der Waals surface area contributed by atoms with Crippen LogP contribution in [0.5, 0.6) is 0 Å². The van der Waals surface area contributed by atoms with Crippen molar-refractivity contribution < 1.29 is 5.11 Å². The molecule has 0 radical (unpaired) electrons. The van der Waals surface area contributed by atoms with Crippen LogP contribution in [0.15, 0.2) is 22.7 Å². The molecular weight excluding hydrogens is 244 g/mol. The van der Waals surface area contributed by atoms with Gasteiger partial charge in [-0.15, -0.1) is 0 Å². The van der Waals surface area contributed by atoms with Crippen LogP contribution in [0.4, 0.5) is 5.69 Å². The molecule has 1 unspecified atom stereocenters. The highest BCUT2D eigenvalue weighted by Crippen LogP contribution is 2.23. The first-order chi connectivity index (χ1) is 6.67. The molecule has 78 valence electrons. The maximum Gasteiger partial charge on any atom is 0.0645 e. The normalized spacial score (nSPS) is 12.6. The molecule has 0 aromatic heterocycles. The van der Waals surface area contributed by atoms with E-state index in [1.807, 2.05) is 25.1 Å². The number of aliphatic hydroxyl groups is 1. The second-order valence-electron chi connectivity index (χ2n) is 3.24. The van der Waals surface area contributed by atoms with Gasteiger partial charge in [-0.1, -0.05) is 6.07 Å². The fourth-order valence-electron chi connectivity index (χ4n) is 1.15. The standard InChI is InChI=1S/C10H15BrN2O/c1-7-2-3-9(11)10(4-7)13-8(5-12)6-14/h2-4,8,13-14H,5-6,12H2,1H3. The Morgan fingerprint density at radius 3 is 2.86 bits per heavy atom. The predicted octanol–water partition coefficient (Wildman–Crippen LogP) is 1.49. The lowest BCUT2D eigenvalue weighted by Crippen LogP contribution is -2.32. The Morgan fingerprint density at radius 1 is 1.57 bits per heavy atom. The van der Waals surface area contributed by atoms with E-state index in [0.29, 0.717) is 6.54 Å². The maximum atomic E-state index is 8.99. The van der Waals surface area contributed by atoms with E-state index in [-0.39, 0.29) is 12.6 Å². The van der Waals surface area contributed by atoms with E-state index in [1.165, 1.54) is 5.56 Å². The molecule has 0 saturated heterocycles. The highest BCUT2D eigenvalue weighted by atomic mass is 79.9. The summed E-state index contributed by atoms with van der Waals surface area (Å²) in [7, 11) is 0. The molecule has 14 heavy (non-hydrogen) atoms. The van der Waals surface area contributed by atoms with Crippen molar-refractivity contribution in [3.05, 3.63) is 28.2 Å². The van der Waals surface area contributed by atoms with Crippen LogP contribution in [0.3, 0.4) is 0 Å². The average Bonchev–Trinajstić information content (AvgIpc) is 2.19. The minimum absolute atomic E-state index is 0.0386. The Bertz CT molecular complexity index is 300. The minimum atomic E-state index is -0.0897. The SMILES string of the molecule is Cc1ccc(Br)c(NC(CN)CO)c1. The average molecular weight is 259 g/mol. The molecule has 1 aromatic carbocycles. The van der Waals surface area contributed by atoms with Gasteiger partial charge in [0.1, 0.15) is 0 Å². The smallest absolute Gasteiger partial charge is 0.0645 e. The van der Waals surface area contributed by atoms with Gasteiger partial charge >= 0.3 is 0 Å². The largest absolute Gasteiger partial charge is 0.394 e. The van der Waals surface area contributed by atoms with Gasteiger partial charge in [-0.2, -0.15) is 0 Å². The van der Waals surface area contributed by atoms with Crippen molar-refractivity contribution in [1.82, 2.24) is 0 Å². The number of nitrogens with one attached hydrogen (secondary N) is 1. The summed E-state index contributed by atoms with van der Waals surface area (Å²) in [5, 5.41) is 12.2. The van der Waals surface area contributed by atoms with Gasteiger partial charge in [0.2, 0.25) is 0 Å². The lowest BCUT2D eigenvalue weighted by Gasteiger charge is -2.16. The van der Waals surface area contributed by atoms with Crippen LogP contribution in [0.2, 0.25) is 0 Å². The zero-order chi connectivity index (χ0) is 10.6. The number of nitrogens with two attached hydrogens (primary N) is 1. The number of hydrogen-bond donors (Lipinski definition) is 3. The number of hydrogen-bond acceptors (Lipinski definition) is 3. The Labute approximate surface area is 92.4 Å². The van der Waals surface area contributed by atoms with E-state index >= 15 is 0 Å². The summed E-state index contributed by atoms with van der Waals surface area (Å²) in [5.41, 5.74) is 7.62. The van der Waals surface area contributed by atoms with Crippen LogP contribution in [0.25, 0.3) is 0 Å². The van der Waals surface area contributed by atoms with Crippen molar-refractivity contribution in [2.45, 2.75) is 13.0 Å². The molecule has 0 aliphatic rings. The molecule has 4 N–H and O–H groups in total. The summed E-state index contributed by atoms with van der Waals surface area (Å²) in [5.74, 6) is 0. The number of benzene rings is 1. The topological polar surface area (TPSA) is 58.3 Å². The molecule has 0 amide bonds. The maximum absolute atomic E-state index is 8.99. The van der Waals surface area contributed by atoms with Crippen molar-refractivity contribution in [1.29, 1.82) is 0 Å². The molecule has 1 atom stereocenters. The van der Waals surface area contributed by atoms with E-state index in [4.69, 9.17) is 10.8 Å². The van der Waals surface area contributed by atoms with Crippen molar-refractivity contribution in [2.75, 3.05) is 18.5 Å². The lowest BCUT2D eigenvalue weighted by molar-refractivity contribution is 0.276. The fraction of sp³-hybridized carbons (Fsp3) is 0.400. The molecule has 0 saturated carbocycles. The first-order valence-electron chi connectivity index (χ1n) is 4.51. The molecule has 0 spiro atoms. The Morgan fingerprint density at radius 2 is 2.29 bits per heavy atom. The fourth-order valence-corrected chi connectivity index (χ4v) is 1.51. The van der Waals surface area contributed by atoms with Gasteiger partial charge in [-0.25, -0.2) is 0 Å². The molecule has 4 heteroatoms. The number of aliphatic hydroxyl groups excluding tert-OH is 1.